The average molecular weight is 248 g/mol. The van der Waals surface area contributed by atoms with Gasteiger partial charge in [0.25, 0.3) is 0 Å². The number of halogens is 1. The Morgan fingerprint density at radius 1 is 1.19 bits per heavy atom. The average Bonchev–Trinajstić information content (AvgIpc) is 2.31. The summed E-state index contributed by atoms with van der Waals surface area (Å²) >= 11 is 7.40. The first-order valence-electron chi connectivity index (χ1n) is 4.73. The van der Waals surface area contributed by atoms with Gasteiger partial charge in [0, 0.05) is 21.3 Å². The third-order valence-electron chi connectivity index (χ3n) is 2.41. The minimum Gasteiger partial charge on any atom is -0.288 e. The van der Waals surface area contributed by atoms with E-state index in [-0.39, 0.29) is 5.43 Å². The zero-order chi connectivity index (χ0) is 11.1. The molecule has 3 rings (SSSR count). The van der Waals surface area contributed by atoms with Crippen molar-refractivity contribution in [2.75, 3.05) is 0 Å². The molecular weight excluding hydrogens is 242 g/mol. The third-order valence-corrected chi connectivity index (χ3v) is 3.74. The quantitative estimate of drug-likeness (QED) is 0.570. The first-order chi connectivity index (χ1) is 7.75. The van der Waals surface area contributed by atoms with Crippen LogP contribution in [0.2, 0.25) is 5.02 Å². The fourth-order valence-electron chi connectivity index (χ4n) is 1.66. The maximum atomic E-state index is 12.1. The van der Waals surface area contributed by atoms with E-state index in [9.17, 15) is 4.79 Å². The van der Waals surface area contributed by atoms with E-state index >= 15 is 0 Å². The smallest absolute Gasteiger partial charge is 0.197 e. The predicted molar refractivity (Wildman–Crippen MR) is 68.4 cm³/mol. The highest BCUT2D eigenvalue weighted by atomic mass is 35.5. The summed E-state index contributed by atoms with van der Waals surface area (Å²) in [5.41, 5.74) is -0.000602. The van der Waals surface area contributed by atoms with E-state index in [4.69, 9.17) is 11.6 Å². The standard InChI is InChI=1S/C12H6ClNOS/c13-7-3-4-10-9(6-7)11(15)8-2-1-5-14-12(8)16-10/h1-6H. The van der Waals surface area contributed by atoms with Crippen LogP contribution < -0.4 is 5.43 Å². The van der Waals surface area contributed by atoms with Crippen molar-refractivity contribution in [2.24, 2.45) is 0 Å². The van der Waals surface area contributed by atoms with Crippen LogP contribution in [0.4, 0.5) is 0 Å². The first kappa shape index (κ1) is 9.75. The van der Waals surface area contributed by atoms with Gasteiger partial charge >= 0.3 is 0 Å². The third kappa shape index (κ3) is 1.40. The van der Waals surface area contributed by atoms with Gasteiger partial charge in [0.2, 0.25) is 0 Å². The molecular formula is C12H6ClNOS. The molecule has 2 nitrogen and oxygen atoms in total. The fraction of sp³-hybridized carbons (Fsp3) is 0. The number of nitrogens with zero attached hydrogens (tertiary/aromatic N) is 1. The molecule has 0 bridgehead atoms. The van der Waals surface area contributed by atoms with Gasteiger partial charge in [-0.1, -0.05) is 11.6 Å². The van der Waals surface area contributed by atoms with Crippen molar-refractivity contribution in [3.05, 3.63) is 51.8 Å². The minimum absolute atomic E-state index is 0.000602. The maximum absolute atomic E-state index is 12.1. The summed E-state index contributed by atoms with van der Waals surface area (Å²) in [6, 6.07) is 8.92. The molecule has 0 N–H and O–H groups in total. The highest BCUT2D eigenvalue weighted by Gasteiger charge is 2.06. The summed E-state index contributed by atoms with van der Waals surface area (Å²) in [5.74, 6) is 0. The first-order valence-corrected chi connectivity index (χ1v) is 5.92. The van der Waals surface area contributed by atoms with E-state index in [1.807, 2.05) is 6.07 Å². The van der Waals surface area contributed by atoms with E-state index in [0.717, 1.165) is 9.53 Å². The molecule has 1 aromatic carbocycles. The van der Waals surface area contributed by atoms with Crippen LogP contribution in [0.15, 0.2) is 41.3 Å². The van der Waals surface area contributed by atoms with Gasteiger partial charge in [-0.3, -0.25) is 4.79 Å². The lowest BCUT2D eigenvalue weighted by Gasteiger charge is -1.99. The number of hydrogen-bond acceptors (Lipinski definition) is 3. The van der Waals surface area contributed by atoms with Gasteiger partial charge in [0.15, 0.2) is 5.43 Å². The lowest BCUT2D eigenvalue weighted by molar-refractivity contribution is 1.44. The van der Waals surface area contributed by atoms with Crippen LogP contribution in [0.5, 0.6) is 0 Å². The molecule has 3 aromatic rings. The van der Waals surface area contributed by atoms with Crippen LogP contribution >= 0.6 is 22.9 Å². The summed E-state index contributed by atoms with van der Waals surface area (Å²) in [6.07, 6.45) is 1.69. The summed E-state index contributed by atoms with van der Waals surface area (Å²) in [5, 5.41) is 1.90. The number of pyridine rings is 1. The van der Waals surface area contributed by atoms with Crippen LogP contribution in [0, 0.1) is 0 Å². The van der Waals surface area contributed by atoms with Crippen LogP contribution in [0.25, 0.3) is 20.3 Å². The largest absolute Gasteiger partial charge is 0.288 e. The van der Waals surface area contributed by atoms with Crippen LogP contribution in [0.3, 0.4) is 0 Å². The Balaban J connectivity index is 2.61. The zero-order valence-electron chi connectivity index (χ0n) is 8.11. The number of rotatable bonds is 0. The summed E-state index contributed by atoms with van der Waals surface area (Å²) in [4.78, 5) is 17.1. The van der Waals surface area contributed by atoms with Crippen LogP contribution in [-0.2, 0) is 0 Å². The Labute approximate surface area is 100 Å². The van der Waals surface area contributed by atoms with Crippen molar-refractivity contribution in [2.45, 2.75) is 0 Å². The molecule has 16 heavy (non-hydrogen) atoms. The van der Waals surface area contributed by atoms with E-state index in [1.165, 1.54) is 11.3 Å². The highest BCUT2D eigenvalue weighted by molar-refractivity contribution is 7.24. The van der Waals surface area contributed by atoms with Gasteiger partial charge < -0.3 is 0 Å². The van der Waals surface area contributed by atoms with Crippen LogP contribution in [-0.4, -0.2) is 4.98 Å². The molecule has 0 amide bonds. The molecule has 0 saturated heterocycles. The van der Waals surface area contributed by atoms with Gasteiger partial charge in [0.1, 0.15) is 4.83 Å². The van der Waals surface area contributed by atoms with Crippen molar-refractivity contribution in [1.82, 2.24) is 4.98 Å². The summed E-state index contributed by atoms with van der Waals surface area (Å²) < 4.78 is 0.917. The zero-order valence-corrected chi connectivity index (χ0v) is 9.68. The summed E-state index contributed by atoms with van der Waals surface area (Å²) in [6.45, 7) is 0. The monoisotopic (exact) mass is 247 g/mol. The fourth-order valence-corrected chi connectivity index (χ4v) is 2.83. The van der Waals surface area contributed by atoms with E-state index in [0.29, 0.717) is 15.8 Å². The number of benzene rings is 1. The SMILES string of the molecule is O=c1c2cc(Cl)ccc2sc2ncccc12. The Hall–Kier alpha value is -1.45. The summed E-state index contributed by atoms with van der Waals surface area (Å²) in [7, 11) is 0. The normalized spacial score (nSPS) is 11.1. The van der Waals surface area contributed by atoms with Crippen molar-refractivity contribution in [3.8, 4) is 0 Å². The number of hydrogen-bond donors (Lipinski definition) is 0. The molecule has 78 valence electrons. The Morgan fingerprint density at radius 3 is 2.94 bits per heavy atom. The second-order valence-electron chi connectivity index (χ2n) is 3.43. The van der Waals surface area contributed by atoms with Crippen molar-refractivity contribution >= 4 is 43.2 Å². The van der Waals surface area contributed by atoms with Crippen molar-refractivity contribution in [3.63, 3.8) is 0 Å². The molecule has 0 fully saturated rings. The molecule has 0 saturated carbocycles. The van der Waals surface area contributed by atoms with E-state index in [2.05, 4.69) is 4.98 Å². The number of aromatic nitrogens is 1. The lowest BCUT2D eigenvalue weighted by Crippen LogP contribution is -2.01. The molecule has 0 aliphatic heterocycles. The number of fused-ring (bicyclic) bond motifs is 2. The van der Waals surface area contributed by atoms with Gasteiger partial charge in [0.05, 0.1) is 5.39 Å². The van der Waals surface area contributed by atoms with Crippen molar-refractivity contribution in [1.29, 1.82) is 0 Å². The Bertz CT molecular complexity index is 751. The molecule has 0 unspecified atom stereocenters. The lowest BCUT2D eigenvalue weighted by atomic mass is 10.2. The molecule has 0 aliphatic rings. The molecule has 0 spiro atoms. The maximum Gasteiger partial charge on any atom is 0.197 e. The van der Waals surface area contributed by atoms with Crippen molar-refractivity contribution < 1.29 is 0 Å². The van der Waals surface area contributed by atoms with Gasteiger partial charge in [-0.05, 0) is 30.3 Å². The molecule has 2 heterocycles. The van der Waals surface area contributed by atoms with Gasteiger partial charge in [-0.25, -0.2) is 4.98 Å². The Morgan fingerprint density at radius 2 is 2.06 bits per heavy atom. The molecule has 2 aromatic heterocycles. The second kappa shape index (κ2) is 3.54. The van der Waals surface area contributed by atoms with Gasteiger partial charge in [-0.15, -0.1) is 11.3 Å². The molecule has 0 atom stereocenters. The topological polar surface area (TPSA) is 30.0 Å². The van der Waals surface area contributed by atoms with E-state index in [1.54, 1.807) is 30.5 Å². The molecule has 4 heteroatoms. The second-order valence-corrected chi connectivity index (χ2v) is 4.89. The Kier molecular flexibility index (Phi) is 2.16. The predicted octanol–water partition coefficient (Wildman–Crippen LogP) is 3.46. The minimum atomic E-state index is -0.000602. The van der Waals surface area contributed by atoms with Gasteiger partial charge in [-0.2, -0.15) is 0 Å². The van der Waals surface area contributed by atoms with E-state index < -0.39 is 0 Å². The molecule has 0 aliphatic carbocycles. The van der Waals surface area contributed by atoms with Crippen LogP contribution in [0.1, 0.15) is 0 Å². The highest BCUT2D eigenvalue weighted by Crippen LogP contribution is 2.24. The molecule has 0 radical (unpaired) electrons.